The average molecular weight is 443 g/mol. The number of ether oxygens (including phenoxy) is 1. The Bertz CT molecular complexity index is 919. The van der Waals surface area contributed by atoms with Gasteiger partial charge in [-0.05, 0) is 52.0 Å². The van der Waals surface area contributed by atoms with Gasteiger partial charge in [0.1, 0.15) is 11.1 Å². The predicted molar refractivity (Wildman–Crippen MR) is 113 cm³/mol. The number of nitrogens with one attached hydrogen (secondary N) is 1. The Kier molecular flexibility index (Phi) is 5.44. The zero-order chi connectivity index (χ0) is 20.5. The van der Waals surface area contributed by atoms with Crippen LogP contribution < -0.4 is 5.43 Å². The maximum atomic E-state index is 13.1. The molecule has 6 heteroatoms. The molecule has 3 rings (SSSR count). The minimum Gasteiger partial charge on any atom is -0.454 e. The second-order valence-corrected chi connectivity index (χ2v) is 8.86. The van der Waals surface area contributed by atoms with Crippen LogP contribution >= 0.6 is 15.9 Å². The summed E-state index contributed by atoms with van der Waals surface area (Å²) in [5.41, 5.74) is 2.97. The number of carbonyl (C=O) groups excluding carboxylic acids is 2. The number of hydrogen-bond donors (Lipinski definition) is 1. The molecule has 1 aliphatic rings. The number of hydrazone groups is 1. The molecule has 1 atom stereocenters. The fraction of sp³-hybridized carbons (Fsp3) is 0.318. The molecule has 1 saturated heterocycles. The van der Waals surface area contributed by atoms with Gasteiger partial charge in [-0.1, -0.05) is 46.3 Å². The molecule has 0 unspecified atom stereocenters. The number of Topliss-reactive ketones (excluding diaryl/α,β-unsaturated/α-hetero) is 1. The van der Waals surface area contributed by atoms with E-state index >= 15 is 0 Å². The van der Waals surface area contributed by atoms with Crippen LogP contribution in [0.3, 0.4) is 0 Å². The van der Waals surface area contributed by atoms with Gasteiger partial charge >= 0.3 is 5.97 Å². The van der Waals surface area contributed by atoms with E-state index in [1.807, 2.05) is 54.6 Å². The number of rotatable bonds is 4. The fourth-order valence-corrected chi connectivity index (χ4v) is 3.61. The van der Waals surface area contributed by atoms with E-state index in [1.165, 1.54) is 0 Å². The van der Waals surface area contributed by atoms with Gasteiger partial charge in [-0.3, -0.25) is 15.0 Å². The summed E-state index contributed by atoms with van der Waals surface area (Å²) < 4.78 is 6.70. The molecule has 1 N–H and O–H groups in total. The van der Waals surface area contributed by atoms with Crippen LogP contribution in [0.1, 0.15) is 33.3 Å². The number of ketones is 1. The van der Waals surface area contributed by atoms with E-state index < -0.39 is 22.9 Å². The Hall–Kier alpha value is -2.47. The van der Waals surface area contributed by atoms with Gasteiger partial charge in [0.05, 0.1) is 11.1 Å². The van der Waals surface area contributed by atoms with Gasteiger partial charge < -0.3 is 4.74 Å². The normalized spacial score (nSPS) is 21.2. The number of para-hydroxylation sites is 1. The number of anilines is 1. The molecule has 1 heterocycles. The second kappa shape index (κ2) is 7.51. The Morgan fingerprint density at radius 3 is 2.21 bits per heavy atom. The van der Waals surface area contributed by atoms with Crippen molar-refractivity contribution >= 4 is 39.1 Å². The third kappa shape index (κ3) is 3.74. The Morgan fingerprint density at radius 2 is 1.61 bits per heavy atom. The number of benzene rings is 2. The lowest BCUT2D eigenvalue weighted by Crippen LogP contribution is -2.58. The van der Waals surface area contributed by atoms with Crippen molar-refractivity contribution in [2.45, 2.75) is 33.8 Å². The summed E-state index contributed by atoms with van der Waals surface area (Å²) in [5.74, 6) is -0.697. The Morgan fingerprint density at radius 1 is 1.00 bits per heavy atom. The smallest absolute Gasteiger partial charge is 0.319 e. The topological polar surface area (TPSA) is 67.8 Å². The number of esters is 1. The molecule has 1 aliphatic heterocycles. The lowest BCUT2D eigenvalue weighted by molar-refractivity contribution is -0.179. The zero-order valence-corrected chi connectivity index (χ0v) is 17.9. The molecule has 0 aliphatic carbocycles. The van der Waals surface area contributed by atoms with E-state index in [-0.39, 0.29) is 5.78 Å². The predicted octanol–water partition coefficient (Wildman–Crippen LogP) is 4.81. The summed E-state index contributed by atoms with van der Waals surface area (Å²) in [7, 11) is 0. The number of cyclic esters (lactones) is 1. The molecular formula is C22H23BrN2O3. The first kappa shape index (κ1) is 20.3. The molecule has 28 heavy (non-hydrogen) atoms. The Balaban J connectivity index is 2.06. The lowest BCUT2D eigenvalue weighted by atomic mass is 9.67. The summed E-state index contributed by atoms with van der Waals surface area (Å²) in [5, 5.41) is 4.55. The highest BCUT2D eigenvalue weighted by Crippen LogP contribution is 2.41. The van der Waals surface area contributed by atoms with Gasteiger partial charge in [0.15, 0.2) is 11.9 Å². The maximum Gasteiger partial charge on any atom is 0.319 e. The molecule has 0 aromatic heterocycles. The van der Waals surface area contributed by atoms with Gasteiger partial charge in [0, 0.05) is 10.0 Å². The first-order valence-corrected chi connectivity index (χ1v) is 9.84. The van der Waals surface area contributed by atoms with Crippen LogP contribution in [0.15, 0.2) is 64.2 Å². The van der Waals surface area contributed by atoms with Crippen molar-refractivity contribution < 1.29 is 14.3 Å². The van der Waals surface area contributed by atoms with Crippen LogP contribution in [-0.2, 0) is 14.3 Å². The van der Waals surface area contributed by atoms with Gasteiger partial charge in [-0.2, -0.15) is 5.10 Å². The fourth-order valence-electron chi connectivity index (χ4n) is 3.35. The first-order chi connectivity index (χ1) is 13.1. The SMILES string of the molecule is CC1(C)C(=O)O[C@@H](/C(=N\Nc2ccccc2)c2ccc(Br)cc2)C(C)(C)C1=O. The third-order valence-corrected chi connectivity index (χ3v) is 5.54. The highest BCUT2D eigenvalue weighted by atomic mass is 79.9. The summed E-state index contributed by atoms with van der Waals surface area (Å²) in [6, 6.07) is 17.0. The van der Waals surface area contributed by atoms with Crippen LogP contribution in [0.4, 0.5) is 5.69 Å². The summed E-state index contributed by atoms with van der Waals surface area (Å²) in [4.78, 5) is 25.6. The molecule has 0 amide bonds. The van der Waals surface area contributed by atoms with Crippen molar-refractivity contribution in [3.63, 3.8) is 0 Å². The van der Waals surface area contributed by atoms with Crippen molar-refractivity contribution in [2.75, 3.05) is 5.43 Å². The quantitative estimate of drug-likeness (QED) is 0.319. The largest absolute Gasteiger partial charge is 0.454 e. The van der Waals surface area contributed by atoms with Crippen molar-refractivity contribution in [3.8, 4) is 0 Å². The monoisotopic (exact) mass is 442 g/mol. The van der Waals surface area contributed by atoms with Crippen molar-refractivity contribution in [2.24, 2.45) is 15.9 Å². The number of nitrogens with zero attached hydrogens (tertiary/aromatic N) is 1. The molecule has 5 nitrogen and oxygen atoms in total. The van der Waals surface area contributed by atoms with Crippen molar-refractivity contribution in [1.82, 2.24) is 0 Å². The van der Waals surface area contributed by atoms with E-state index in [1.54, 1.807) is 27.7 Å². The minimum absolute atomic E-state index is 0.161. The number of carbonyl (C=O) groups is 2. The molecule has 2 aromatic carbocycles. The summed E-state index contributed by atoms with van der Waals surface area (Å²) in [6.45, 7) is 6.80. The lowest BCUT2D eigenvalue weighted by Gasteiger charge is -2.43. The van der Waals surface area contributed by atoms with Crippen LogP contribution in [0.2, 0.25) is 0 Å². The maximum absolute atomic E-state index is 13.1. The molecule has 146 valence electrons. The Labute approximate surface area is 173 Å². The molecule has 0 bridgehead atoms. The molecule has 2 aromatic rings. The minimum atomic E-state index is -1.18. The van der Waals surface area contributed by atoms with Crippen LogP contribution in [-0.4, -0.2) is 23.6 Å². The summed E-state index contributed by atoms with van der Waals surface area (Å²) >= 11 is 3.43. The van der Waals surface area contributed by atoms with Gasteiger partial charge in [0.2, 0.25) is 0 Å². The van der Waals surface area contributed by atoms with Gasteiger partial charge in [-0.25, -0.2) is 0 Å². The zero-order valence-electron chi connectivity index (χ0n) is 16.3. The first-order valence-electron chi connectivity index (χ1n) is 9.04. The van der Waals surface area contributed by atoms with Crippen molar-refractivity contribution in [1.29, 1.82) is 0 Å². The highest BCUT2D eigenvalue weighted by molar-refractivity contribution is 9.10. The van der Waals surface area contributed by atoms with E-state index in [9.17, 15) is 9.59 Å². The van der Waals surface area contributed by atoms with Gasteiger partial charge in [0.25, 0.3) is 0 Å². The van der Waals surface area contributed by atoms with E-state index in [4.69, 9.17) is 4.74 Å². The van der Waals surface area contributed by atoms with Crippen LogP contribution in [0, 0.1) is 10.8 Å². The van der Waals surface area contributed by atoms with Gasteiger partial charge in [-0.15, -0.1) is 0 Å². The molecule has 0 radical (unpaired) electrons. The molecule has 0 spiro atoms. The van der Waals surface area contributed by atoms with Crippen molar-refractivity contribution in [3.05, 3.63) is 64.6 Å². The van der Waals surface area contributed by atoms with E-state index in [0.717, 1.165) is 15.7 Å². The van der Waals surface area contributed by atoms with E-state index in [0.29, 0.717) is 5.71 Å². The standard InChI is InChI=1S/C22H23BrN2O3/c1-21(2)18(28-20(27)22(3,4)19(21)26)17(14-10-12-15(23)13-11-14)25-24-16-8-6-5-7-9-16/h5-13,18,24H,1-4H3/b25-17-/t18-/m0/s1. The number of halogens is 1. The molecular weight excluding hydrogens is 420 g/mol. The average Bonchev–Trinajstić information content (AvgIpc) is 2.67. The second-order valence-electron chi connectivity index (χ2n) is 7.94. The molecule has 1 fully saturated rings. The summed E-state index contributed by atoms with van der Waals surface area (Å²) in [6.07, 6.45) is -0.807. The number of hydrogen-bond acceptors (Lipinski definition) is 5. The van der Waals surface area contributed by atoms with E-state index in [2.05, 4.69) is 26.5 Å². The third-order valence-electron chi connectivity index (χ3n) is 5.01. The van der Waals surface area contributed by atoms with Crippen LogP contribution in [0.5, 0.6) is 0 Å². The molecule has 0 saturated carbocycles. The van der Waals surface area contributed by atoms with Crippen LogP contribution in [0.25, 0.3) is 0 Å². The highest BCUT2D eigenvalue weighted by Gasteiger charge is 2.56.